The van der Waals surface area contributed by atoms with Crippen molar-refractivity contribution in [1.29, 1.82) is 0 Å². The van der Waals surface area contributed by atoms with Crippen LogP contribution in [0.4, 0.5) is 0 Å². The molecule has 0 aliphatic rings. The molecule has 0 amide bonds. The van der Waals surface area contributed by atoms with E-state index in [9.17, 15) is 9.90 Å². The predicted octanol–water partition coefficient (Wildman–Crippen LogP) is 16.4. The van der Waals surface area contributed by atoms with Crippen molar-refractivity contribution >= 4 is 5.97 Å². The summed E-state index contributed by atoms with van der Waals surface area (Å²) in [5.41, 5.74) is 0. The highest BCUT2D eigenvalue weighted by Crippen LogP contribution is 2.16. The van der Waals surface area contributed by atoms with E-state index in [4.69, 9.17) is 9.47 Å². The normalized spacial score (nSPS) is 12.6. The van der Waals surface area contributed by atoms with Gasteiger partial charge >= 0.3 is 5.97 Å². The number of ether oxygens (including phenoxy) is 2. The molecule has 4 nitrogen and oxygen atoms in total. The molecule has 0 aromatic carbocycles. The molecule has 0 saturated heterocycles. The van der Waals surface area contributed by atoms with Crippen molar-refractivity contribution in [2.45, 2.75) is 264 Å². The molecule has 1 N–H and O–H groups in total. The summed E-state index contributed by atoms with van der Waals surface area (Å²) in [6, 6.07) is 0. The van der Waals surface area contributed by atoms with Gasteiger partial charge in [-0.15, -0.1) is 0 Å². The van der Waals surface area contributed by atoms with Gasteiger partial charge in [0.05, 0.1) is 13.2 Å². The number of carbonyl (C=O) groups excluding carboxylic acids is 1. The SMILES string of the molecule is CCCCCCC/C=C\C/C=C\C/C=C\CCCCCCCCCCCCC(=O)OC(CO)COCCCCCCCCCCCCCCCCCCCC. The fourth-order valence-electron chi connectivity index (χ4n) is 7.28. The lowest BCUT2D eigenvalue weighted by Crippen LogP contribution is -2.27. The molecule has 4 heteroatoms. The molecular weight excluding hydrogens is 677 g/mol. The molecule has 0 aromatic heterocycles. The van der Waals surface area contributed by atoms with Gasteiger partial charge in [0.25, 0.3) is 0 Å². The van der Waals surface area contributed by atoms with E-state index in [1.54, 1.807) is 0 Å². The molecule has 0 aliphatic heterocycles. The average molecular weight is 773 g/mol. The highest BCUT2D eigenvalue weighted by molar-refractivity contribution is 5.69. The van der Waals surface area contributed by atoms with Crippen LogP contribution in [-0.2, 0) is 14.3 Å². The third-order valence-corrected chi connectivity index (χ3v) is 11.0. The summed E-state index contributed by atoms with van der Waals surface area (Å²) in [4.78, 5) is 12.3. The van der Waals surface area contributed by atoms with Crippen LogP contribution < -0.4 is 0 Å². The monoisotopic (exact) mass is 773 g/mol. The van der Waals surface area contributed by atoms with Gasteiger partial charge in [0, 0.05) is 13.0 Å². The summed E-state index contributed by atoms with van der Waals surface area (Å²) >= 11 is 0. The molecule has 324 valence electrons. The van der Waals surface area contributed by atoms with Crippen LogP contribution in [0, 0.1) is 0 Å². The van der Waals surface area contributed by atoms with Crippen molar-refractivity contribution in [2.24, 2.45) is 0 Å². The van der Waals surface area contributed by atoms with Gasteiger partial charge in [0.2, 0.25) is 0 Å². The Hall–Kier alpha value is -1.39. The smallest absolute Gasteiger partial charge is 0.306 e. The number of unbranched alkanes of at least 4 members (excludes halogenated alkanes) is 32. The maximum absolute atomic E-state index is 12.3. The first-order valence-corrected chi connectivity index (χ1v) is 24.6. The summed E-state index contributed by atoms with van der Waals surface area (Å²) in [5, 5.41) is 9.64. The van der Waals surface area contributed by atoms with Gasteiger partial charge in [-0.05, 0) is 51.4 Å². The third-order valence-electron chi connectivity index (χ3n) is 11.0. The number of rotatable bonds is 46. The van der Waals surface area contributed by atoms with E-state index in [-0.39, 0.29) is 12.6 Å². The number of aliphatic hydroxyl groups is 1. The van der Waals surface area contributed by atoms with Crippen molar-refractivity contribution in [3.8, 4) is 0 Å². The zero-order valence-corrected chi connectivity index (χ0v) is 37.2. The second kappa shape index (κ2) is 48.8. The minimum Gasteiger partial charge on any atom is -0.457 e. The number of hydrogen-bond donors (Lipinski definition) is 1. The summed E-state index contributed by atoms with van der Waals surface area (Å²) < 4.78 is 11.2. The number of aliphatic hydroxyl groups excluding tert-OH is 1. The molecule has 0 heterocycles. The molecule has 0 radical (unpaired) electrons. The Balaban J connectivity index is 3.41. The topological polar surface area (TPSA) is 55.8 Å². The van der Waals surface area contributed by atoms with Crippen molar-refractivity contribution in [3.63, 3.8) is 0 Å². The van der Waals surface area contributed by atoms with E-state index >= 15 is 0 Å². The van der Waals surface area contributed by atoms with Crippen LogP contribution in [0.25, 0.3) is 0 Å². The minimum absolute atomic E-state index is 0.170. The minimum atomic E-state index is -0.534. The van der Waals surface area contributed by atoms with E-state index in [2.05, 4.69) is 50.3 Å². The molecule has 1 atom stereocenters. The molecule has 0 rings (SSSR count). The number of esters is 1. The molecule has 0 spiro atoms. The summed E-state index contributed by atoms with van der Waals surface area (Å²) in [6.07, 6.45) is 62.2. The van der Waals surface area contributed by atoms with E-state index in [1.165, 1.54) is 205 Å². The fourth-order valence-corrected chi connectivity index (χ4v) is 7.28. The van der Waals surface area contributed by atoms with E-state index in [0.29, 0.717) is 19.6 Å². The van der Waals surface area contributed by atoms with Gasteiger partial charge in [-0.3, -0.25) is 4.79 Å². The first-order chi connectivity index (χ1) is 27.2. The second-order valence-corrected chi connectivity index (χ2v) is 16.5. The van der Waals surface area contributed by atoms with Gasteiger partial charge in [-0.2, -0.15) is 0 Å². The largest absolute Gasteiger partial charge is 0.457 e. The lowest BCUT2D eigenvalue weighted by atomic mass is 10.0. The van der Waals surface area contributed by atoms with Crippen molar-refractivity contribution in [3.05, 3.63) is 36.5 Å². The molecule has 0 fully saturated rings. The highest BCUT2D eigenvalue weighted by atomic mass is 16.6. The van der Waals surface area contributed by atoms with Crippen LogP contribution in [0.2, 0.25) is 0 Å². The van der Waals surface area contributed by atoms with Crippen molar-refractivity contribution < 1.29 is 19.4 Å². The standard InChI is InChI=1S/C51H96O4/c1-3-5-7-9-11-13-15-17-19-21-23-24-25-26-27-28-29-30-32-34-36-38-40-42-44-46-51(53)55-50(48-52)49-54-47-45-43-41-39-37-35-33-31-22-20-18-16-14-12-10-8-6-4-2/h15,17,21,23,25-26,50,52H,3-14,16,18-20,22,24,27-49H2,1-2H3/b17-15-,23-21-,26-25-. The Kier molecular flexibility index (Phi) is 47.5. The summed E-state index contributed by atoms with van der Waals surface area (Å²) in [7, 11) is 0. The lowest BCUT2D eigenvalue weighted by Gasteiger charge is -2.16. The second-order valence-electron chi connectivity index (χ2n) is 16.5. The summed E-state index contributed by atoms with van der Waals surface area (Å²) in [6.45, 7) is 5.37. The predicted molar refractivity (Wildman–Crippen MR) is 242 cm³/mol. The maximum atomic E-state index is 12.3. The first kappa shape index (κ1) is 53.6. The van der Waals surface area contributed by atoms with Crippen molar-refractivity contribution in [2.75, 3.05) is 19.8 Å². The van der Waals surface area contributed by atoms with Crippen LogP contribution >= 0.6 is 0 Å². The molecule has 55 heavy (non-hydrogen) atoms. The number of hydrogen-bond acceptors (Lipinski definition) is 4. The number of carbonyl (C=O) groups is 1. The Morgan fingerprint density at radius 1 is 0.436 bits per heavy atom. The maximum Gasteiger partial charge on any atom is 0.306 e. The Morgan fingerprint density at radius 2 is 0.764 bits per heavy atom. The highest BCUT2D eigenvalue weighted by Gasteiger charge is 2.13. The Bertz CT molecular complexity index is 818. The Labute approximate surface area is 344 Å². The molecule has 1 unspecified atom stereocenters. The van der Waals surface area contributed by atoms with Gasteiger partial charge in [0.15, 0.2) is 0 Å². The van der Waals surface area contributed by atoms with Gasteiger partial charge in [0.1, 0.15) is 6.10 Å². The number of allylic oxidation sites excluding steroid dienone is 6. The van der Waals surface area contributed by atoms with E-state index in [1.807, 2.05) is 0 Å². The summed E-state index contributed by atoms with van der Waals surface area (Å²) in [5.74, 6) is -0.200. The fraction of sp³-hybridized carbons (Fsp3) is 0.863. The van der Waals surface area contributed by atoms with Crippen LogP contribution in [-0.4, -0.2) is 37.0 Å². The van der Waals surface area contributed by atoms with Crippen molar-refractivity contribution in [1.82, 2.24) is 0 Å². The van der Waals surface area contributed by atoms with Crippen LogP contribution in [0.15, 0.2) is 36.5 Å². The average Bonchev–Trinajstić information content (AvgIpc) is 3.19. The molecule has 0 bridgehead atoms. The lowest BCUT2D eigenvalue weighted by molar-refractivity contribution is -0.154. The van der Waals surface area contributed by atoms with Crippen LogP contribution in [0.5, 0.6) is 0 Å². The zero-order chi connectivity index (χ0) is 39.8. The van der Waals surface area contributed by atoms with Gasteiger partial charge < -0.3 is 14.6 Å². The van der Waals surface area contributed by atoms with Gasteiger partial charge in [-0.1, -0.05) is 237 Å². The van der Waals surface area contributed by atoms with E-state index < -0.39 is 6.10 Å². The van der Waals surface area contributed by atoms with E-state index in [0.717, 1.165) is 32.1 Å². The molecule has 0 aliphatic carbocycles. The first-order valence-electron chi connectivity index (χ1n) is 24.6. The zero-order valence-electron chi connectivity index (χ0n) is 37.2. The van der Waals surface area contributed by atoms with Gasteiger partial charge in [-0.25, -0.2) is 0 Å². The van der Waals surface area contributed by atoms with Crippen LogP contribution in [0.3, 0.4) is 0 Å². The molecule has 0 saturated carbocycles. The Morgan fingerprint density at radius 3 is 1.15 bits per heavy atom. The van der Waals surface area contributed by atoms with Crippen LogP contribution in [0.1, 0.15) is 258 Å². The molecule has 0 aromatic rings. The third kappa shape index (κ3) is 46.9. The molecular formula is C51H96O4. The quantitative estimate of drug-likeness (QED) is 0.0380.